The lowest BCUT2D eigenvalue weighted by atomic mass is 9.88. The zero-order valence-corrected chi connectivity index (χ0v) is 10.6. The Kier molecular flexibility index (Phi) is 3.82. The number of rotatable bonds is 4. The summed E-state index contributed by atoms with van der Waals surface area (Å²) in [5.41, 5.74) is 8.53. The predicted octanol–water partition coefficient (Wildman–Crippen LogP) is 2.71. The van der Waals surface area contributed by atoms with Crippen LogP contribution in [-0.2, 0) is 15.0 Å². The molecule has 1 aromatic rings. The van der Waals surface area contributed by atoms with Gasteiger partial charge in [-0.2, -0.15) is 0 Å². The van der Waals surface area contributed by atoms with Crippen LogP contribution in [0.4, 0.5) is 0 Å². The first-order valence-corrected chi connectivity index (χ1v) is 6.14. The average molecular weight is 235 g/mol. The fourth-order valence-corrected chi connectivity index (χ4v) is 2.66. The van der Waals surface area contributed by atoms with E-state index in [0.29, 0.717) is 0 Å². The second-order valence-electron chi connectivity index (χ2n) is 4.79. The van der Waals surface area contributed by atoms with Gasteiger partial charge >= 0.3 is 0 Å². The first-order chi connectivity index (χ1) is 8.19. The van der Waals surface area contributed by atoms with E-state index in [2.05, 4.69) is 12.1 Å². The molecule has 94 valence electrons. The molecule has 2 N–H and O–H groups in total. The maximum Gasteiger partial charge on any atom is 0.183 e. The van der Waals surface area contributed by atoms with Crippen molar-refractivity contribution in [1.82, 2.24) is 0 Å². The van der Waals surface area contributed by atoms with Crippen molar-refractivity contribution in [3.63, 3.8) is 0 Å². The van der Waals surface area contributed by atoms with Gasteiger partial charge in [-0.05, 0) is 24.5 Å². The molecule has 0 radical (unpaired) electrons. The van der Waals surface area contributed by atoms with Gasteiger partial charge in [0.15, 0.2) is 6.29 Å². The van der Waals surface area contributed by atoms with Gasteiger partial charge in [0.2, 0.25) is 0 Å². The highest BCUT2D eigenvalue weighted by Crippen LogP contribution is 2.37. The van der Waals surface area contributed by atoms with E-state index in [0.717, 1.165) is 18.4 Å². The Bertz CT molecular complexity index is 368. The molecule has 1 fully saturated rings. The van der Waals surface area contributed by atoms with Crippen molar-refractivity contribution < 1.29 is 9.47 Å². The molecule has 0 heterocycles. The first-order valence-electron chi connectivity index (χ1n) is 6.14. The van der Waals surface area contributed by atoms with Crippen molar-refractivity contribution in [3.8, 4) is 0 Å². The van der Waals surface area contributed by atoms with Gasteiger partial charge in [0.05, 0.1) is 0 Å². The van der Waals surface area contributed by atoms with Crippen molar-refractivity contribution in [1.29, 1.82) is 0 Å². The number of ether oxygens (including phenoxy) is 2. The van der Waals surface area contributed by atoms with Crippen LogP contribution in [0.2, 0.25) is 0 Å². The molecule has 3 nitrogen and oxygen atoms in total. The number of hydrogen-bond donors (Lipinski definition) is 1. The third-order valence-corrected chi connectivity index (χ3v) is 3.66. The minimum absolute atomic E-state index is 0.151. The first kappa shape index (κ1) is 12.6. The molecule has 1 saturated carbocycles. The standard InChI is InChI=1S/C14H21NO2/c1-16-13(17-2)11-6-5-7-12(10-11)14(15)8-3-4-9-14/h5-7,10,13H,3-4,8-9,15H2,1-2H3. The molecule has 3 heteroatoms. The zero-order valence-electron chi connectivity index (χ0n) is 10.6. The molecule has 0 atom stereocenters. The quantitative estimate of drug-likeness (QED) is 0.816. The number of methoxy groups -OCH3 is 2. The van der Waals surface area contributed by atoms with E-state index in [-0.39, 0.29) is 11.8 Å². The summed E-state index contributed by atoms with van der Waals surface area (Å²) in [6, 6.07) is 8.27. The summed E-state index contributed by atoms with van der Waals surface area (Å²) >= 11 is 0. The van der Waals surface area contributed by atoms with Crippen LogP contribution in [0.3, 0.4) is 0 Å². The molecule has 1 aliphatic rings. The maximum atomic E-state index is 6.45. The second-order valence-corrected chi connectivity index (χ2v) is 4.79. The Morgan fingerprint density at radius 1 is 1.18 bits per heavy atom. The van der Waals surface area contributed by atoms with Crippen LogP contribution in [0.1, 0.15) is 43.1 Å². The van der Waals surface area contributed by atoms with Crippen LogP contribution in [0.15, 0.2) is 24.3 Å². The van der Waals surface area contributed by atoms with E-state index in [1.165, 1.54) is 18.4 Å². The third-order valence-electron chi connectivity index (χ3n) is 3.66. The highest BCUT2D eigenvalue weighted by atomic mass is 16.7. The fraction of sp³-hybridized carbons (Fsp3) is 0.571. The molecule has 0 amide bonds. The Balaban J connectivity index is 2.27. The van der Waals surface area contributed by atoms with Crippen LogP contribution in [0.5, 0.6) is 0 Å². The summed E-state index contributed by atoms with van der Waals surface area (Å²) < 4.78 is 10.5. The lowest BCUT2D eigenvalue weighted by molar-refractivity contribution is -0.106. The molecule has 1 aliphatic carbocycles. The largest absolute Gasteiger partial charge is 0.352 e. The van der Waals surface area contributed by atoms with Gasteiger partial charge in [0, 0.05) is 25.3 Å². The lowest BCUT2D eigenvalue weighted by Gasteiger charge is -2.25. The van der Waals surface area contributed by atoms with Crippen molar-refractivity contribution in [2.24, 2.45) is 5.73 Å². The molecule has 0 bridgehead atoms. The van der Waals surface area contributed by atoms with Gasteiger partial charge in [-0.25, -0.2) is 0 Å². The van der Waals surface area contributed by atoms with E-state index >= 15 is 0 Å². The molecule has 0 unspecified atom stereocenters. The highest BCUT2D eigenvalue weighted by Gasteiger charge is 2.31. The van der Waals surface area contributed by atoms with Crippen molar-refractivity contribution in [2.45, 2.75) is 37.5 Å². The van der Waals surface area contributed by atoms with Crippen LogP contribution in [0.25, 0.3) is 0 Å². The summed E-state index contributed by atoms with van der Waals surface area (Å²) in [6.07, 6.45) is 4.28. The van der Waals surface area contributed by atoms with E-state index < -0.39 is 0 Å². The van der Waals surface area contributed by atoms with Crippen molar-refractivity contribution in [3.05, 3.63) is 35.4 Å². The summed E-state index contributed by atoms with van der Waals surface area (Å²) in [5.74, 6) is 0. The van der Waals surface area contributed by atoms with Crippen LogP contribution < -0.4 is 5.73 Å². The summed E-state index contributed by atoms with van der Waals surface area (Å²) in [7, 11) is 3.29. The van der Waals surface area contributed by atoms with E-state index in [4.69, 9.17) is 15.2 Å². The van der Waals surface area contributed by atoms with Gasteiger partial charge in [-0.3, -0.25) is 0 Å². The number of nitrogens with two attached hydrogens (primary N) is 1. The molecule has 0 aromatic heterocycles. The number of benzene rings is 1. The molecule has 0 aliphatic heterocycles. The van der Waals surface area contributed by atoms with Crippen LogP contribution >= 0.6 is 0 Å². The van der Waals surface area contributed by atoms with Crippen molar-refractivity contribution in [2.75, 3.05) is 14.2 Å². The smallest absolute Gasteiger partial charge is 0.183 e. The molecule has 2 rings (SSSR count). The van der Waals surface area contributed by atoms with Gasteiger partial charge in [-0.15, -0.1) is 0 Å². The Morgan fingerprint density at radius 3 is 2.41 bits per heavy atom. The topological polar surface area (TPSA) is 44.5 Å². The monoisotopic (exact) mass is 235 g/mol. The minimum atomic E-state index is -0.306. The minimum Gasteiger partial charge on any atom is -0.352 e. The fourth-order valence-electron chi connectivity index (χ4n) is 2.66. The molecule has 17 heavy (non-hydrogen) atoms. The zero-order chi connectivity index (χ0) is 12.3. The normalized spacial score (nSPS) is 18.8. The van der Waals surface area contributed by atoms with Crippen molar-refractivity contribution >= 4 is 0 Å². The van der Waals surface area contributed by atoms with E-state index in [1.807, 2.05) is 12.1 Å². The van der Waals surface area contributed by atoms with Gasteiger partial charge in [0.1, 0.15) is 0 Å². The van der Waals surface area contributed by atoms with Gasteiger partial charge in [-0.1, -0.05) is 31.0 Å². The molecule has 0 saturated heterocycles. The Labute approximate surface area is 103 Å². The van der Waals surface area contributed by atoms with E-state index in [1.54, 1.807) is 14.2 Å². The van der Waals surface area contributed by atoms with Crippen LogP contribution in [-0.4, -0.2) is 14.2 Å². The molecular formula is C14H21NO2. The third kappa shape index (κ3) is 2.51. The maximum absolute atomic E-state index is 6.45. The van der Waals surface area contributed by atoms with Crippen LogP contribution in [0, 0.1) is 0 Å². The molecule has 1 aromatic carbocycles. The number of hydrogen-bond acceptors (Lipinski definition) is 3. The molecule has 0 spiro atoms. The SMILES string of the molecule is COC(OC)c1cccc(C2(N)CCCC2)c1. The predicted molar refractivity (Wildman–Crippen MR) is 67.5 cm³/mol. The van der Waals surface area contributed by atoms with Gasteiger partial charge < -0.3 is 15.2 Å². The van der Waals surface area contributed by atoms with E-state index in [9.17, 15) is 0 Å². The highest BCUT2D eigenvalue weighted by molar-refractivity contribution is 5.30. The second kappa shape index (κ2) is 5.17. The summed E-state index contributed by atoms with van der Waals surface area (Å²) in [5, 5.41) is 0. The van der Waals surface area contributed by atoms with Gasteiger partial charge in [0.25, 0.3) is 0 Å². The molecular weight excluding hydrogens is 214 g/mol. The summed E-state index contributed by atoms with van der Waals surface area (Å²) in [6.45, 7) is 0. The Morgan fingerprint density at radius 2 is 1.82 bits per heavy atom. The Hall–Kier alpha value is -0.900. The summed E-state index contributed by atoms with van der Waals surface area (Å²) in [4.78, 5) is 0. The lowest BCUT2D eigenvalue weighted by Crippen LogP contribution is -2.33. The average Bonchev–Trinajstić information content (AvgIpc) is 2.80.